The van der Waals surface area contributed by atoms with Gasteiger partial charge in [-0.05, 0) is 11.1 Å². The highest BCUT2D eigenvalue weighted by Crippen LogP contribution is 2.31. The van der Waals surface area contributed by atoms with Gasteiger partial charge in [0, 0.05) is 38.2 Å². The molecular formula is C25H25N3O3S2. The van der Waals surface area contributed by atoms with Gasteiger partial charge in [-0.2, -0.15) is 0 Å². The average molecular weight is 480 g/mol. The third kappa shape index (κ3) is 5.35. The van der Waals surface area contributed by atoms with Crippen molar-refractivity contribution in [2.24, 2.45) is 7.05 Å². The molecule has 6 nitrogen and oxygen atoms in total. The number of ether oxygens (including phenoxy) is 1. The van der Waals surface area contributed by atoms with Gasteiger partial charge < -0.3 is 9.64 Å². The predicted molar refractivity (Wildman–Crippen MR) is 135 cm³/mol. The molecule has 0 aliphatic rings. The fourth-order valence-corrected chi connectivity index (χ4v) is 5.39. The number of hydrogen-bond acceptors (Lipinski definition) is 6. The van der Waals surface area contributed by atoms with Crippen LogP contribution >= 0.6 is 23.1 Å². The summed E-state index contributed by atoms with van der Waals surface area (Å²) >= 11 is 2.74. The van der Waals surface area contributed by atoms with Gasteiger partial charge in [0.15, 0.2) is 5.16 Å². The van der Waals surface area contributed by atoms with Gasteiger partial charge in [-0.3, -0.25) is 14.2 Å². The monoisotopic (exact) mass is 479 g/mol. The van der Waals surface area contributed by atoms with Gasteiger partial charge in [0.25, 0.3) is 5.56 Å². The number of aromatic nitrogens is 2. The van der Waals surface area contributed by atoms with Crippen molar-refractivity contribution in [3.8, 4) is 11.1 Å². The van der Waals surface area contributed by atoms with E-state index in [1.807, 2.05) is 66.0 Å². The maximum absolute atomic E-state index is 13.2. The second kappa shape index (κ2) is 10.8. The van der Waals surface area contributed by atoms with Crippen LogP contribution in [0.4, 0.5) is 0 Å². The molecule has 0 aliphatic carbocycles. The Hall–Kier alpha value is -2.94. The molecule has 0 unspecified atom stereocenters. The Bertz CT molecular complexity index is 1290. The van der Waals surface area contributed by atoms with Crippen LogP contribution in [-0.4, -0.2) is 46.4 Å². The molecule has 1 amide bonds. The molecule has 0 fully saturated rings. The zero-order valence-corrected chi connectivity index (χ0v) is 20.2. The number of carbonyl (C=O) groups excluding carboxylic acids is 1. The lowest BCUT2D eigenvalue weighted by molar-refractivity contribution is -0.129. The first-order chi connectivity index (χ1) is 16.1. The summed E-state index contributed by atoms with van der Waals surface area (Å²) in [5, 5.41) is 3.13. The minimum absolute atomic E-state index is 0.0218. The number of benzene rings is 2. The number of thioether (sulfide) groups is 1. The molecule has 0 aliphatic heterocycles. The maximum atomic E-state index is 13.2. The summed E-state index contributed by atoms with van der Waals surface area (Å²) in [6.45, 7) is 1.48. The molecule has 0 saturated carbocycles. The smallest absolute Gasteiger partial charge is 0.263 e. The van der Waals surface area contributed by atoms with Crippen molar-refractivity contribution >= 4 is 39.2 Å². The van der Waals surface area contributed by atoms with E-state index in [2.05, 4.69) is 0 Å². The number of nitrogens with zero attached hydrogens (tertiary/aromatic N) is 3. The molecule has 0 atom stereocenters. The fraction of sp³-hybridized carbons (Fsp3) is 0.240. The Morgan fingerprint density at radius 2 is 1.82 bits per heavy atom. The normalized spacial score (nSPS) is 11.1. The third-order valence-electron chi connectivity index (χ3n) is 5.32. The first-order valence-corrected chi connectivity index (χ1v) is 12.4. The van der Waals surface area contributed by atoms with Crippen LogP contribution < -0.4 is 5.56 Å². The number of methoxy groups -OCH3 is 1. The van der Waals surface area contributed by atoms with Crippen molar-refractivity contribution in [2.45, 2.75) is 11.7 Å². The molecule has 0 radical (unpaired) electrons. The highest BCUT2D eigenvalue weighted by molar-refractivity contribution is 7.99. The number of amides is 1. The van der Waals surface area contributed by atoms with Crippen molar-refractivity contribution in [1.29, 1.82) is 0 Å². The summed E-state index contributed by atoms with van der Waals surface area (Å²) < 4.78 is 6.73. The molecule has 0 bridgehead atoms. The van der Waals surface area contributed by atoms with Gasteiger partial charge in [-0.15, -0.1) is 11.3 Å². The van der Waals surface area contributed by atoms with E-state index in [1.54, 1.807) is 19.1 Å². The molecule has 2 aromatic carbocycles. The average Bonchev–Trinajstić information content (AvgIpc) is 3.28. The molecule has 2 aromatic heterocycles. The maximum Gasteiger partial charge on any atom is 0.263 e. The summed E-state index contributed by atoms with van der Waals surface area (Å²) in [5.41, 5.74) is 2.85. The number of carbonyl (C=O) groups is 1. The molecule has 0 spiro atoms. The van der Waals surface area contributed by atoms with Crippen molar-refractivity contribution in [3.05, 3.63) is 82.0 Å². The van der Waals surface area contributed by atoms with E-state index in [1.165, 1.54) is 27.7 Å². The SMILES string of the molecule is COCCN(Cc1ccccc1)C(=O)CSc1nc2scc(-c3ccccc3)c2c(=O)n1C. The lowest BCUT2D eigenvalue weighted by Gasteiger charge is -2.22. The van der Waals surface area contributed by atoms with E-state index in [-0.39, 0.29) is 17.2 Å². The highest BCUT2D eigenvalue weighted by atomic mass is 32.2. The Labute approximate surface area is 200 Å². The Morgan fingerprint density at radius 1 is 1.12 bits per heavy atom. The van der Waals surface area contributed by atoms with E-state index < -0.39 is 0 Å². The van der Waals surface area contributed by atoms with Gasteiger partial charge in [0.05, 0.1) is 17.7 Å². The van der Waals surface area contributed by atoms with Gasteiger partial charge >= 0.3 is 0 Å². The Balaban J connectivity index is 1.54. The van der Waals surface area contributed by atoms with Crippen molar-refractivity contribution in [2.75, 3.05) is 26.0 Å². The topological polar surface area (TPSA) is 64.4 Å². The lowest BCUT2D eigenvalue weighted by atomic mass is 10.1. The van der Waals surface area contributed by atoms with Gasteiger partial charge in [0.2, 0.25) is 5.91 Å². The second-order valence-corrected chi connectivity index (χ2v) is 9.34. The summed E-state index contributed by atoms with van der Waals surface area (Å²) in [6, 6.07) is 19.7. The second-order valence-electron chi connectivity index (χ2n) is 7.54. The highest BCUT2D eigenvalue weighted by Gasteiger charge is 2.19. The van der Waals surface area contributed by atoms with Crippen LogP contribution in [0.15, 0.2) is 76.0 Å². The predicted octanol–water partition coefficient (Wildman–Crippen LogP) is 4.43. The van der Waals surface area contributed by atoms with Crippen molar-refractivity contribution in [3.63, 3.8) is 0 Å². The zero-order chi connectivity index (χ0) is 23.2. The summed E-state index contributed by atoms with van der Waals surface area (Å²) in [6.07, 6.45) is 0. The fourth-order valence-electron chi connectivity index (χ4n) is 3.53. The third-order valence-corrected chi connectivity index (χ3v) is 7.20. The molecule has 33 heavy (non-hydrogen) atoms. The molecule has 8 heteroatoms. The van der Waals surface area contributed by atoms with Crippen LogP contribution in [0.1, 0.15) is 5.56 Å². The van der Waals surface area contributed by atoms with Crippen LogP contribution in [0.2, 0.25) is 0 Å². The summed E-state index contributed by atoms with van der Waals surface area (Å²) in [5.74, 6) is 0.172. The number of fused-ring (bicyclic) bond motifs is 1. The van der Waals surface area contributed by atoms with Crippen LogP contribution in [0.3, 0.4) is 0 Å². The standard InChI is InChI=1S/C25H25N3O3S2/c1-27-24(30)22-20(19-11-7-4-8-12-19)16-32-23(22)26-25(27)33-17-21(29)28(13-14-31-2)15-18-9-5-3-6-10-18/h3-12,16H,13-15,17H2,1-2H3. The Morgan fingerprint density at radius 3 is 2.52 bits per heavy atom. The van der Waals surface area contributed by atoms with Gasteiger partial charge in [-0.25, -0.2) is 4.98 Å². The van der Waals surface area contributed by atoms with Crippen molar-refractivity contribution in [1.82, 2.24) is 14.5 Å². The van der Waals surface area contributed by atoms with E-state index in [0.717, 1.165) is 16.7 Å². The number of thiophene rings is 1. The molecule has 4 aromatic rings. The first kappa shape index (κ1) is 23.2. The van der Waals surface area contributed by atoms with Crippen LogP contribution in [0.5, 0.6) is 0 Å². The summed E-state index contributed by atoms with van der Waals surface area (Å²) in [7, 11) is 3.33. The van der Waals surface area contributed by atoms with E-state index in [9.17, 15) is 9.59 Å². The lowest BCUT2D eigenvalue weighted by Crippen LogP contribution is -2.35. The van der Waals surface area contributed by atoms with Gasteiger partial charge in [0.1, 0.15) is 4.83 Å². The first-order valence-electron chi connectivity index (χ1n) is 10.6. The Kier molecular flexibility index (Phi) is 7.59. The number of rotatable bonds is 9. The molecule has 2 heterocycles. The van der Waals surface area contributed by atoms with E-state index in [4.69, 9.17) is 9.72 Å². The van der Waals surface area contributed by atoms with E-state index >= 15 is 0 Å². The van der Waals surface area contributed by atoms with Crippen LogP contribution in [0.25, 0.3) is 21.3 Å². The molecule has 0 saturated heterocycles. The van der Waals surface area contributed by atoms with Crippen molar-refractivity contribution < 1.29 is 9.53 Å². The zero-order valence-electron chi connectivity index (χ0n) is 18.6. The van der Waals surface area contributed by atoms with Gasteiger partial charge in [-0.1, -0.05) is 72.4 Å². The largest absolute Gasteiger partial charge is 0.383 e. The quantitative estimate of drug-likeness (QED) is 0.263. The molecular weight excluding hydrogens is 454 g/mol. The van der Waals surface area contributed by atoms with E-state index in [0.29, 0.717) is 35.1 Å². The minimum Gasteiger partial charge on any atom is -0.383 e. The van der Waals surface area contributed by atoms with Crippen LogP contribution in [0, 0.1) is 0 Å². The molecule has 170 valence electrons. The van der Waals surface area contributed by atoms with Crippen LogP contribution in [-0.2, 0) is 23.1 Å². The number of hydrogen-bond donors (Lipinski definition) is 0. The minimum atomic E-state index is -0.101. The molecule has 0 N–H and O–H groups in total. The molecule has 4 rings (SSSR count). The summed E-state index contributed by atoms with van der Waals surface area (Å²) in [4.78, 5) is 33.4.